The van der Waals surface area contributed by atoms with E-state index < -0.39 is 201 Å². The molecule has 2 fully saturated rings. The van der Waals surface area contributed by atoms with Gasteiger partial charge in [-0.05, 0) is 34.1 Å². The monoisotopic (exact) mass is 1410 g/mol. The maximum absolute atomic E-state index is 15.4. The number of hydrogen-bond acceptors (Lipinski definition) is 32. The number of nitrogens with two attached hydrogens (primary N) is 6. The van der Waals surface area contributed by atoms with Crippen LogP contribution < -0.4 is 66.3 Å². The van der Waals surface area contributed by atoms with E-state index in [9.17, 15) is 69.6 Å². The molecule has 6 rings (SSSR count). The van der Waals surface area contributed by atoms with Crippen molar-refractivity contribution in [3.8, 4) is 0 Å². The van der Waals surface area contributed by atoms with Crippen LogP contribution in [0.2, 0.25) is 0 Å². The Morgan fingerprint density at radius 3 is 2.22 bits per heavy atom. The number of thioether (sulfide) groups is 1. The third-order valence-electron chi connectivity index (χ3n) is 15.6. The summed E-state index contributed by atoms with van der Waals surface area (Å²) in [6.45, 7) is 4.28. The van der Waals surface area contributed by atoms with Gasteiger partial charge < -0.3 is 136 Å². The third-order valence-corrected chi connectivity index (χ3v) is 17.7. The molecule has 0 bridgehead atoms. The van der Waals surface area contributed by atoms with Gasteiger partial charge in [-0.15, -0.1) is 23.1 Å². The molecule has 40 nitrogen and oxygen atoms in total. The Hall–Kier alpha value is -7.79. The number of nitrogens with zero attached hydrogens (tertiary/aromatic N) is 5. The van der Waals surface area contributed by atoms with Crippen LogP contribution in [0.4, 0.5) is 10.6 Å². The van der Waals surface area contributed by atoms with E-state index in [1.54, 1.807) is 5.38 Å². The number of aromatic nitrogens is 5. The number of rotatable bonds is 35. The first-order valence-corrected chi connectivity index (χ1v) is 32.1. The molecular weight excluding hydrogens is 1330 g/mol. The molecule has 3 aliphatic rings. The molecule has 0 unspecified atom stereocenters. The number of nitrogen functional groups attached to an aromatic ring is 1. The second kappa shape index (κ2) is 35.1. The predicted octanol–water partition coefficient (Wildman–Crippen LogP) is -7.95. The Labute approximate surface area is 561 Å². The zero-order valence-corrected chi connectivity index (χ0v) is 54.8. The number of aliphatic imine (C=N–C) groups is 1. The summed E-state index contributed by atoms with van der Waals surface area (Å²) in [6.07, 6.45) is -23.1. The molecule has 538 valence electrons. The minimum Gasteiger partial charge on any atom is -0.441 e. The number of nitrogens with one attached hydrogen (secondary N) is 8. The first kappa shape index (κ1) is 78.2. The first-order valence-electron chi connectivity index (χ1n) is 30.2. The average Bonchev–Trinajstić information content (AvgIpc) is 1.18. The molecule has 2 saturated heterocycles. The van der Waals surface area contributed by atoms with Gasteiger partial charge in [0.05, 0.1) is 77.6 Å². The molecule has 0 aromatic carbocycles. The number of aliphatic hydroxyl groups is 8. The normalized spacial score (nSPS) is 25.1. The van der Waals surface area contributed by atoms with Crippen LogP contribution in [-0.2, 0) is 47.7 Å². The Morgan fingerprint density at radius 1 is 0.887 bits per heavy atom. The molecule has 3 aromatic rings. The van der Waals surface area contributed by atoms with E-state index in [1.165, 1.54) is 57.7 Å². The lowest BCUT2D eigenvalue weighted by atomic mass is 9.92. The average molecular weight is 1410 g/mol. The molecule has 8 amide bonds. The quantitative estimate of drug-likeness (QED) is 0.0192. The lowest BCUT2D eigenvalue weighted by Crippen LogP contribution is -2.65. The van der Waals surface area contributed by atoms with Crippen molar-refractivity contribution in [2.45, 2.75) is 176 Å². The number of hydrogen-bond donors (Lipinski definition) is 22. The van der Waals surface area contributed by atoms with Crippen LogP contribution in [0.15, 0.2) is 22.9 Å². The molecule has 0 aliphatic carbocycles. The number of aromatic amines is 1. The van der Waals surface area contributed by atoms with Gasteiger partial charge in [-0.1, -0.05) is 6.92 Å². The fraction of sp³-hybridized carbons (Fsp3) is 0.636. The van der Waals surface area contributed by atoms with Crippen LogP contribution in [0, 0.1) is 18.3 Å². The van der Waals surface area contributed by atoms with Crippen molar-refractivity contribution in [3.05, 3.63) is 51.4 Å². The smallest absolute Gasteiger partial charge is 0.404 e. The molecule has 0 spiro atoms. The highest BCUT2D eigenvalue weighted by atomic mass is 32.2. The molecule has 3 aliphatic heterocycles. The van der Waals surface area contributed by atoms with Gasteiger partial charge in [0.25, 0.3) is 11.8 Å². The zero-order chi connectivity index (χ0) is 71.9. The number of amides is 8. The number of carbonyl (C=O) groups excluding carboxylic acids is 8. The molecule has 0 saturated carbocycles. The fourth-order valence-electron chi connectivity index (χ4n) is 10.1. The lowest BCUT2D eigenvalue weighted by Gasteiger charge is -2.46. The number of ether oxygens (including phenoxy) is 5. The van der Waals surface area contributed by atoms with E-state index in [1.807, 2.05) is 0 Å². The van der Waals surface area contributed by atoms with Gasteiger partial charge in [-0.3, -0.25) is 44.0 Å². The lowest BCUT2D eigenvalue weighted by molar-refractivity contribution is -0.369. The Bertz CT molecular complexity index is 3280. The van der Waals surface area contributed by atoms with Crippen LogP contribution in [0.3, 0.4) is 0 Å². The minimum atomic E-state index is -2.20. The molecule has 28 N–H and O–H groups in total. The van der Waals surface area contributed by atoms with Crippen molar-refractivity contribution >= 4 is 87.2 Å². The van der Waals surface area contributed by atoms with E-state index in [2.05, 4.69) is 61.8 Å². The van der Waals surface area contributed by atoms with Gasteiger partial charge in [-0.25, -0.2) is 24.7 Å². The van der Waals surface area contributed by atoms with Gasteiger partial charge >= 0.3 is 6.09 Å². The highest BCUT2D eigenvalue weighted by Crippen LogP contribution is 2.36. The summed E-state index contributed by atoms with van der Waals surface area (Å²) in [7, 11) is 0. The fourth-order valence-corrected chi connectivity index (χ4v) is 12.1. The van der Waals surface area contributed by atoms with Gasteiger partial charge in [0.15, 0.2) is 18.7 Å². The molecule has 0 radical (unpaired) electrons. The topological polar surface area (TPSA) is 676 Å². The van der Waals surface area contributed by atoms with Gasteiger partial charge in [-0.2, -0.15) is 0 Å². The molecule has 19 atom stereocenters. The largest absolute Gasteiger partial charge is 0.441 e. The maximum atomic E-state index is 15.4. The Morgan fingerprint density at radius 2 is 1.60 bits per heavy atom. The van der Waals surface area contributed by atoms with Crippen LogP contribution in [0.25, 0.3) is 0 Å². The predicted molar refractivity (Wildman–Crippen MR) is 338 cm³/mol. The number of thiazole rings is 1. The number of aliphatic hydroxyl groups excluding tert-OH is 7. The number of primary amides is 3. The van der Waals surface area contributed by atoms with E-state index in [0.717, 1.165) is 12.5 Å². The maximum Gasteiger partial charge on any atom is 0.404 e. The van der Waals surface area contributed by atoms with Crippen molar-refractivity contribution in [1.82, 2.24) is 56.8 Å². The summed E-state index contributed by atoms with van der Waals surface area (Å²) in [5, 5.41) is 115. The Kier molecular flexibility index (Phi) is 28.3. The summed E-state index contributed by atoms with van der Waals surface area (Å²) in [4.78, 5) is 132. The highest BCUT2D eigenvalue weighted by Gasteiger charge is 2.53. The molecular formula is C55H85N19O21S2. The van der Waals surface area contributed by atoms with Crippen LogP contribution in [0.5, 0.6) is 0 Å². The van der Waals surface area contributed by atoms with Crippen molar-refractivity contribution in [2.24, 2.45) is 39.6 Å². The molecule has 42 heteroatoms. The van der Waals surface area contributed by atoms with Crippen LogP contribution in [-0.4, -0.2) is 260 Å². The molecule has 6 heterocycles. The summed E-state index contributed by atoms with van der Waals surface area (Å²) in [5.41, 5.74) is 30.9. The minimum absolute atomic E-state index is 0.0261. The van der Waals surface area contributed by atoms with Crippen molar-refractivity contribution in [3.63, 3.8) is 0 Å². The SMILES string of the molecule is Cc1c(N)nc([C@H](CC(N)=O)NC[C@H](N)C(N)=O)nc1C(=O)N[C@H](C(=O)N[C@H](CCO)[C@@H](O)[C@H](C)C(=O)N[C@H](C(=O)NCCC1=N[C@@H](c2nc(C(=O)NCCC(=N)N)cs2)CS1)C(C)(C)O)[C@@H](O[C@@H]1O[C@@H](C)[C@@H](O)[C@H](O)[C@@H]1O[C@H]1O[C@H](CO)[C@@H](O)[C@H](OC(N)=O)[C@@H]1O)c1cnc[nH]1. The van der Waals surface area contributed by atoms with Gasteiger partial charge in [0.1, 0.15) is 88.9 Å². The summed E-state index contributed by atoms with van der Waals surface area (Å²) >= 11 is 2.63. The summed E-state index contributed by atoms with van der Waals surface area (Å²) in [6, 6.07) is -8.54. The van der Waals surface area contributed by atoms with Crippen LogP contribution >= 0.6 is 23.1 Å². The summed E-state index contributed by atoms with van der Waals surface area (Å²) < 4.78 is 29.0. The third kappa shape index (κ3) is 20.9. The van der Waals surface area contributed by atoms with Gasteiger partial charge in [0.2, 0.25) is 29.5 Å². The van der Waals surface area contributed by atoms with Crippen molar-refractivity contribution < 1.29 is 103 Å². The molecule has 97 heavy (non-hydrogen) atoms. The highest BCUT2D eigenvalue weighted by molar-refractivity contribution is 8.14. The van der Waals surface area contributed by atoms with E-state index >= 15 is 9.59 Å². The van der Waals surface area contributed by atoms with E-state index in [4.69, 9.17) is 63.5 Å². The second-order valence-electron chi connectivity index (χ2n) is 23.5. The van der Waals surface area contributed by atoms with Crippen LogP contribution in [0.1, 0.15) is 115 Å². The molecule has 3 aromatic heterocycles. The van der Waals surface area contributed by atoms with Crippen molar-refractivity contribution in [2.75, 3.05) is 44.3 Å². The van der Waals surface area contributed by atoms with E-state index in [-0.39, 0.29) is 66.9 Å². The first-order chi connectivity index (χ1) is 45.6. The summed E-state index contributed by atoms with van der Waals surface area (Å²) in [5.74, 6) is -8.70. The number of anilines is 1. The van der Waals surface area contributed by atoms with Crippen molar-refractivity contribution in [1.29, 1.82) is 5.41 Å². The second-order valence-corrected chi connectivity index (χ2v) is 25.5. The standard InChI is InChI=1S/C55H85N19O21S2/c1-19-32(71-45(74-43(19)60)24(12-30(59)77)66-13-22(56)44(61)83)48(86)72-33(39(25-14-63-18-67-25)93-53-41(37(81)35(79)21(3)91-53)94-52-38(82)40(95-54(62)89)36(80)28(15-76)92-52)49(87)69-23(8-11-75)34(78)20(2)46(84)73-42(55(4,5)90)50(88)65-10-7-31-68-27(17-96-31)51-70-26(16-97-51)47(85)64-9-6-29(57)58/h14,16,18,20-24,27-28,33-42,52-53,66,75-76,78-82,90H,6-13,15,17,56H2,1-5H3,(H3,57,58)(H2,59,77)(H2,61,83)(H2,62,89)(H,63,67)(H,64,85)(H,65,88)(H,69,87)(H,72,86)(H,73,84)(H2,60,71,74)/t20-,21-,22-,23+,24-,27+,28+,33-,34-,35+,36+,37-,38-,39-,40-,41-,42+,52+,53-/m0/s1. The number of imidazole rings is 1. The number of carbonyl (C=O) groups is 8. The Balaban J connectivity index is 1.30. The number of amidine groups is 1. The number of H-pyrrole nitrogens is 1. The zero-order valence-electron chi connectivity index (χ0n) is 53.2. The van der Waals surface area contributed by atoms with E-state index in [0.29, 0.717) is 15.8 Å². The van der Waals surface area contributed by atoms with Gasteiger partial charge in [0, 0.05) is 62.2 Å².